The first-order chi connectivity index (χ1) is 15.7. The molecule has 9 nitrogen and oxygen atoms in total. The van der Waals surface area contributed by atoms with Gasteiger partial charge in [0.25, 0.3) is 0 Å². The third kappa shape index (κ3) is 4.68. The Morgan fingerprint density at radius 1 is 1.00 bits per heavy atom. The standard InChI is InChI=1S/C23H39N5O4S/c1-16-14-27(23(30)18-4-5-18)22-12-19(6-7-21(22)28(16)17(2)29)20-13-24-25(15-20)9-10-26-8-3-11-33(26,31)32/h16,18-22,24H,3-15H2,1-2H3/t16-,19?,20?,21?,22?/m0/s1. The van der Waals surface area contributed by atoms with Gasteiger partial charge >= 0.3 is 0 Å². The highest BCUT2D eigenvalue weighted by Gasteiger charge is 2.49. The van der Waals surface area contributed by atoms with Crippen LogP contribution in [0.3, 0.4) is 0 Å². The van der Waals surface area contributed by atoms with Gasteiger partial charge in [0.15, 0.2) is 0 Å². The van der Waals surface area contributed by atoms with E-state index in [2.05, 4.69) is 22.3 Å². The highest BCUT2D eigenvalue weighted by atomic mass is 32.2. The SMILES string of the molecule is CC(=O)N1C2CCC(C3CNN(CCN4CCCS4(=O)=O)C3)CC2N(C(=O)C2CC2)C[C@@H]1C. The van der Waals surface area contributed by atoms with Crippen LogP contribution >= 0.6 is 0 Å². The summed E-state index contributed by atoms with van der Waals surface area (Å²) in [5.74, 6) is 1.91. The molecule has 5 fully saturated rings. The van der Waals surface area contributed by atoms with Crippen molar-refractivity contribution in [2.24, 2.45) is 17.8 Å². The maximum atomic E-state index is 13.1. The zero-order valence-electron chi connectivity index (χ0n) is 20.0. The zero-order chi connectivity index (χ0) is 23.3. The van der Waals surface area contributed by atoms with E-state index in [1.807, 2.05) is 4.90 Å². The van der Waals surface area contributed by atoms with Gasteiger partial charge in [0, 0.05) is 58.2 Å². The minimum absolute atomic E-state index is 0.0773. The summed E-state index contributed by atoms with van der Waals surface area (Å²) in [5, 5.41) is 2.18. The monoisotopic (exact) mass is 481 g/mol. The lowest BCUT2D eigenvalue weighted by Crippen LogP contribution is -2.67. The first kappa shape index (κ1) is 23.5. The molecule has 3 aliphatic heterocycles. The molecule has 2 aliphatic carbocycles. The first-order valence-electron chi connectivity index (χ1n) is 12.8. The first-order valence-corrected chi connectivity index (χ1v) is 14.4. The molecule has 0 spiro atoms. The molecule has 3 saturated heterocycles. The summed E-state index contributed by atoms with van der Waals surface area (Å²) in [6.07, 6.45) is 5.74. The lowest BCUT2D eigenvalue weighted by Gasteiger charge is -2.54. The predicted molar refractivity (Wildman–Crippen MR) is 124 cm³/mol. The molecule has 0 aromatic carbocycles. The summed E-state index contributed by atoms with van der Waals surface area (Å²) in [6.45, 7) is 8.11. The Hall–Kier alpha value is -1.23. The van der Waals surface area contributed by atoms with E-state index in [4.69, 9.17) is 0 Å². The van der Waals surface area contributed by atoms with Crippen LogP contribution in [0, 0.1) is 17.8 Å². The Labute approximate surface area is 197 Å². The fraction of sp³-hybridized carbons (Fsp3) is 0.913. The highest BCUT2D eigenvalue weighted by molar-refractivity contribution is 7.89. The predicted octanol–water partition coefficient (Wildman–Crippen LogP) is 0.485. The Bertz CT molecular complexity index is 878. The van der Waals surface area contributed by atoms with E-state index in [1.54, 1.807) is 11.2 Å². The van der Waals surface area contributed by atoms with Crippen molar-refractivity contribution in [1.82, 2.24) is 24.5 Å². The molecule has 0 bridgehead atoms. The third-order valence-electron chi connectivity index (χ3n) is 8.61. The van der Waals surface area contributed by atoms with Crippen molar-refractivity contribution in [3.05, 3.63) is 0 Å². The molecule has 5 aliphatic rings. The quantitative estimate of drug-likeness (QED) is 0.614. The molecular weight excluding hydrogens is 442 g/mol. The Morgan fingerprint density at radius 3 is 2.45 bits per heavy atom. The summed E-state index contributed by atoms with van der Waals surface area (Å²) in [5.41, 5.74) is 3.49. The van der Waals surface area contributed by atoms with Crippen LogP contribution in [0.4, 0.5) is 0 Å². The summed E-state index contributed by atoms with van der Waals surface area (Å²) in [4.78, 5) is 29.8. The average Bonchev–Trinajstić information content (AvgIpc) is 3.42. The number of nitrogens with zero attached hydrogens (tertiary/aromatic N) is 4. The van der Waals surface area contributed by atoms with Gasteiger partial charge in [-0.2, -0.15) is 0 Å². The molecule has 186 valence electrons. The maximum absolute atomic E-state index is 13.1. The van der Waals surface area contributed by atoms with Crippen molar-refractivity contribution in [2.45, 2.75) is 70.5 Å². The molecule has 2 saturated carbocycles. The van der Waals surface area contributed by atoms with Crippen molar-refractivity contribution in [3.63, 3.8) is 0 Å². The van der Waals surface area contributed by atoms with Gasteiger partial charge in [-0.15, -0.1) is 0 Å². The number of nitrogens with one attached hydrogen (secondary N) is 1. The number of piperazine rings is 1. The van der Waals surface area contributed by atoms with Crippen molar-refractivity contribution >= 4 is 21.8 Å². The Morgan fingerprint density at radius 2 is 1.79 bits per heavy atom. The van der Waals surface area contributed by atoms with E-state index >= 15 is 0 Å². The molecule has 0 radical (unpaired) electrons. The number of rotatable bonds is 5. The van der Waals surface area contributed by atoms with Crippen LogP contribution in [0.5, 0.6) is 0 Å². The second-order valence-electron chi connectivity index (χ2n) is 10.9. The van der Waals surface area contributed by atoms with Gasteiger partial charge in [-0.3, -0.25) is 15.0 Å². The van der Waals surface area contributed by atoms with E-state index in [0.717, 1.165) is 51.6 Å². The normalized spacial score (nSPS) is 37.3. The number of amides is 2. The summed E-state index contributed by atoms with van der Waals surface area (Å²) >= 11 is 0. The summed E-state index contributed by atoms with van der Waals surface area (Å²) in [7, 11) is -3.05. The number of hydrazine groups is 1. The van der Waals surface area contributed by atoms with Crippen LogP contribution in [0.2, 0.25) is 0 Å². The molecule has 10 heteroatoms. The van der Waals surface area contributed by atoms with Crippen LogP contribution in [0.15, 0.2) is 0 Å². The minimum Gasteiger partial charge on any atom is -0.335 e. The van der Waals surface area contributed by atoms with E-state index in [9.17, 15) is 18.0 Å². The van der Waals surface area contributed by atoms with Crippen LogP contribution < -0.4 is 5.43 Å². The molecule has 0 aromatic heterocycles. The lowest BCUT2D eigenvalue weighted by atomic mass is 9.73. The lowest BCUT2D eigenvalue weighted by molar-refractivity contribution is -0.155. The highest BCUT2D eigenvalue weighted by Crippen LogP contribution is 2.42. The third-order valence-corrected chi connectivity index (χ3v) is 10.6. The van der Waals surface area contributed by atoms with Crippen LogP contribution in [0.25, 0.3) is 0 Å². The van der Waals surface area contributed by atoms with Gasteiger partial charge in [0.1, 0.15) is 0 Å². The number of hydrogen-bond acceptors (Lipinski definition) is 6. The molecule has 5 atom stereocenters. The van der Waals surface area contributed by atoms with Crippen molar-refractivity contribution in [2.75, 3.05) is 45.0 Å². The maximum Gasteiger partial charge on any atom is 0.226 e. The fourth-order valence-corrected chi connectivity index (χ4v) is 8.29. The molecule has 0 aromatic rings. The second-order valence-corrected chi connectivity index (χ2v) is 13.0. The minimum atomic E-state index is -3.05. The molecule has 1 N–H and O–H groups in total. The molecular formula is C23H39N5O4S. The summed E-state index contributed by atoms with van der Waals surface area (Å²) in [6, 6.07) is 0.338. The zero-order valence-corrected chi connectivity index (χ0v) is 20.8. The largest absolute Gasteiger partial charge is 0.335 e. The van der Waals surface area contributed by atoms with Gasteiger partial charge in [-0.05, 0) is 57.3 Å². The molecule has 3 heterocycles. The van der Waals surface area contributed by atoms with Crippen molar-refractivity contribution in [3.8, 4) is 0 Å². The van der Waals surface area contributed by atoms with Gasteiger partial charge in [-0.25, -0.2) is 17.7 Å². The van der Waals surface area contributed by atoms with Crippen LogP contribution in [0.1, 0.15) is 52.4 Å². The van der Waals surface area contributed by atoms with Crippen molar-refractivity contribution in [1.29, 1.82) is 0 Å². The van der Waals surface area contributed by atoms with Crippen molar-refractivity contribution < 1.29 is 18.0 Å². The van der Waals surface area contributed by atoms with Gasteiger partial charge in [0.05, 0.1) is 17.8 Å². The Kier molecular flexibility index (Phi) is 6.48. The fourth-order valence-electron chi connectivity index (χ4n) is 6.77. The van der Waals surface area contributed by atoms with E-state index in [1.165, 1.54) is 0 Å². The van der Waals surface area contributed by atoms with Crippen LogP contribution in [-0.2, 0) is 19.6 Å². The number of hydrogen-bond donors (Lipinski definition) is 1. The van der Waals surface area contributed by atoms with E-state index in [0.29, 0.717) is 43.9 Å². The number of fused-ring (bicyclic) bond motifs is 1. The van der Waals surface area contributed by atoms with E-state index < -0.39 is 10.0 Å². The Balaban J connectivity index is 1.22. The van der Waals surface area contributed by atoms with Gasteiger partial charge < -0.3 is 9.80 Å². The smallest absolute Gasteiger partial charge is 0.226 e. The topological polar surface area (TPSA) is 93.3 Å². The molecule has 2 amide bonds. The average molecular weight is 482 g/mol. The molecule has 5 rings (SSSR count). The molecule has 4 unspecified atom stereocenters. The summed E-state index contributed by atoms with van der Waals surface area (Å²) < 4.78 is 25.8. The molecule has 33 heavy (non-hydrogen) atoms. The number of sulfonamides is 1. The van der Waals surface area contributed by atoms with E-state index in [-0.39, 0.29) is 35.7 Å². The van der Waals surface area contributed by atoms with Crippen LogP contribution in [-0.4, -0.2) is 102 Å². The van der Waals surface area contributed by atoms with Gasteiger partial charge in [0.2, 0.25) is 21.8 Å². The van der Waals surface area contributed by atoms with Gasteiger partial charge in [-0.1, -0.05) is 0 Å². The second kappa shape index (κ2) is 9.09. The number of carbonyl (C=O) groups excluding carboxylic acids is 2. The number of carbonyl (C=O) groups is 2.